The molecule has 8 atom stereocenters. The standard InChI is InChI=1S/C43H52ClN3O11/c1-24-10-8-12-34(55-7)43(53)23-33(56-41(52)45-43)25(2)39-42(4,58-39)35(22-36(49)46(5)31-19-28(18-24)20-32(54-6)38(31)44)57-40(51)30-11-9-17-47(30)37(50)21-27-13-15-29(16-14-27)26(3)48/h8,10,12-16,19-20,25,30,33-35,39,53H,9,11,17-18,21-23H2,1-7H3,(H,45,52)/b12-8+,24-10+/t25-,30?,33+,34-,35+,39+,42+,43+/m1/s1. The van der Waals surface area contributed by atoms with E-state index in [2.05, 4.69) is 5.32 Å². The highest BCUT2D eigenvalue weighted by Gasteiger charge is 2.64. The Kier molecular flexibility index (Phi) is 12.7. The minimum Gasteiger partial charge on any atom is -0.495 e. The molecule has 15 heteroatoms. The second kappa shape index (κ2) is 17.2. The number of methoxy groups -OCH3 is 2. The summed E-state index contributed by atoms with van der Waals surface area (Å²) in [5, 5.41) is 14.5. The number of nitrogens with one attached hydrogen (secondary N) is 1. The molecule has 4 bridgehead atoms. The third-order valence-electron chi connectivity index (χ3n) is 11.8. The molecule has 1 unspecified atom stereocenters. The number of Topliss-reactive ketones (excluding diaryl/α,β-unsaturated/α-hetero) is 1. The van der Waals surface area contributed by atoms with Gasteiger partial charge in [-0.3, -0.25) is 19.7 Å². The van der Waals surface area contributed by atoms with Gasteiger partial charge in [0.2, 0.25) is 11.8 Å². The van der Waals surface area contributed by atoms with Crippen LogP contribution in [0.15, 0.2) is 60.2 Å². The molecule has 3 fully saturated rings. The number of amides is 3. The lowest BCUT2D eigenvalue weighted by Gasteiger charge is -2.42. The molecule has 3 amide bonds. The third kappa shape index (κ3) is 8.95. The average Bonchev–Trinajstić information content (AvgIpc) is 3.62. The molecule has 4 aliphatic heterocycles. The number of epoxide rings is 1. The molecule has 0 saturated carbocycles. The zero-order valence-corrected chi connectivity index (χ0v) is 34.7. The Morgan fingerprint density at radius 2 is 1.84 bits per heavy atom. The third-order valence-corrected chi connectivity index (χ3v) is 12.1. The highest BCUT2D eigenvalue weighted by molar-refractivity contribution is 6.35. The van der Waals surface area contributed by atoms with Gasteiger partial charge in [-0.25, -0.2) is 9.59 Å². The van der Waals surface area contributed by atoms with Gasteiger partial charge in [-0.2, -0.15) is 0 Å². The van der Waals surface area contributed by atoms with E-state index < -0.39 is 65.7 Å². The second-order valence-electron chi connectivity index (χ2n) is 15.9. The highest BCUT2D eigenvalue weighted by atomic mass is 35.5. The zero-order valence-electron chi connectivity index (χ0n) is 33.9. The topological polar surface area (TPSA) is 174 Å². The molecule has 0 spiro atoms. The van der Waals surface area contributed by atoms with Crippen molar-refractivity contribution in [2.75, 3.05) is 32.7 Å². The lowest BCUT2D eigenvalue weighted by molar-refractivity contribution is -0.161. The second-order valence-corrected chi connectivity index (χ2v) is 16.3. The van der Waals surface area contributed by atoms with Gasteiger partial charge in [0, 0.05) is 38.6 Å². The number of ketones is 1. The number of nitrogens with zero attached hydrogens (tertiary/aromatic N) is 2. The Morgan fingerprint density at radius 3 is 2.52 bits per heavy atom. The number of fused-ring (bicyclic) bond motifs is 5. The summed E-state index contributed by atoms with van der Waals surface area (Å²) < 4.78 is 29.5. The van der Waals surface area contributed by atoms with E-state index in [1.165, 1.54) is 30.9 Å². The number of allylic oxidation sites excluding steroid dienone is 3. The number of likely N-dealkylation sites (tertiary alicyclic amines) is 1. The van der Waals surface area contributed by atoms with Crippen LogP contribution < -0.4 is 15.0 Å². The predicted molar refractivity (Wildman–Crippen MR) is 214 cm³/mol. The van der Waals surface area contributed by atoms with Crippen molar-refractivity contribution in [3.8, 4) is 5.75 Å². The normalized spacial score (nSPS) is 31.6. The zero-order chi connectivity index (χ0) is 42.1. The molecule has 4 aliphatic rings. The van der Waals surface area contributed by atoms with Crippen LogP contribution in [0.4, 0.5) is 10.5 Å². The summed E-state index contributed by atoms with van der Waals surface area (Å²) in [5.41, 5.74) is 0.258. The summed E-state index contributed by atoms with van der Waals surface area (Å²) in [6, 6.07) is 9.46. The van der Waals surface area contributed by atoms with Gasteiger partial charge in [0.1, 0.15) is 40.7 Å². The number of halogens is 1. The monoisotopic (exact) mass is 821 g/mol. The predicted octanol–water partition coefficient (Wildman–Crippen LogP) is 5.10. The van der Waals surface area contributed by atoms with Gasteiger partial charge in [-0.05, 0) is 63.3 Å². The number of alkyl carbamates (subject to hydrolysis) is 1. The Morgan fingerprint density at radius 1 is 1.12 bits per heavy atom. The molecule has 4 heterocycles. The van der Waals surface area contributed by atoms with Gasteiger partial charge in [-0.1, -0.05) is 66.6 Å². The fraction of sp³-hybridized carbons (Fsp3) is 0.512. The lowest BCUT2D eigenvalue weighted by atomic mass is 9.83. The van der Waals surface area contributed by atoms with Crippen LogP contribution in [-0.2, 0) is 46.2 Å². The maximum Gasteiger partial charge on any atom is 0.409 e. The molecule has 312 valence electrons. The molecule has 0 aromatic heterocycles. The van der Waals surface area contributed by atoms with Crippen LogP contribution in [0.2, 0.25) is 5.02 Å². The maximum atomic E-state index is 14.3. The number of aliphatic hydroxyl groups is 1. The van der Waals surface area contributed by atoms with Crippen LogP contribution in [-0.4, -0.2) is 109 Å². The molecule has 6 rings (SSSR count). The van der Waals surface area contributed by atoms with Gasteiger partial charge in [-0.15, -0.1) is 0 Å². The Balaban J connectivity index is 1.32. The first kappa shape index (κ1) is 42.8. The number of carbonyl (C=O) groups is 5. The molecular formula is C43H52ClN3O11. The van der Waals surface area contributed by atoms with Gasteiger partial charge in [0.15, 0.2) is 11.5 Å². The van der Waals surface area contributed by atoms with E-state index in [1.807, 2.05) is 13.0 Å². The molecule has 2 aromatic carbocycles. The first-order valence-corrected chi connectivity index (χ1v) is 19.8. The van der Waals surface area contributed by atoms with E-state index in [4.69, 9.17) is 35.3 Å². The highest BCUT2D eigenvalue weighted by Crippen LogP contribution is 2.49. The van der Waals surface area contributed by atoms with E-state index in [1.54, 1.807) is 69.4 Å². The largest absolute Gasteiger partial charge is 0.495 e. The quantitative estimate of drug-likeness (QED) is 0.216. The van der Waals surface area contributed by atoms with Gasteiger partial charge in [0.25, 0.3) is 0 Å². The number of hydrogen-bond acceptors (Lipinski definition) is 11. The van der Waals surface area contributed by atoms with E-state index in [0.717, 1.165) is 11.1 Å². The number of carbonyl (C=O) groups excluding carboxylic acids is 5. The molecule has 2 aromatic rings. The average molecular weight is 822 g/mol. The molecule has 2 N–H and O–H groups in total. The molecule has 0 aliphatic carbocycles. The van der Waals surface area contributed by atoms with Crippen molar-refractivity contribution in [1.82, 2.24) is 10.2 Å². The minimum atomic E-state index is -1.84. The maximum absolute atomic E-state index is 14.3. The summed E-state index contributed by atoms with van der Waals surface area (Å²) in [5.74, 6) is -1.65. The summed E-state index contributed by atoms with van der Waals surface area (Å²) >= 11 is 6.80. The van der Waals surface area contributed by atoms with Crippen molar-refractivity contribution in [2.45, 2.75) is 108 Å². The lowest BCUT2D eigenvalue weighted by Crippen LogP contribution is -2.63. The van der Waals surface area contributed by atoms with Gasteiger partial charge in [0.05, 0.1) is 31.7 Å². The molecule has 3 saturated heterocycles. The van der Waals surface area contributed by atoms with Gasteiger partial charge < -0.3 is 38.6 Å². The summed E-state index contributed by atoms with van der Waals surface area (Å²) in [6.07, 6.45) is 1.79. The number of rotatable bonds is 7. The van der Waals surface area contributed by atoms with Gasteiger partial charge >= 0.3 is 12.1 Å². The molecule has 0 radical (unpaired) electrons. The van der Waals surface area contributed by atoms with E-state index in [0.29, 0.717) is 48.4 Å². The van der Waals surface area contributed by atoms with Crippen LogP contribution >= 0.6 is 11.6 Å². The van der Waals surface area contributed by atoms with Crippen LogP contribution in [0.25, 0.3) is 0 Å². The molecular weight excluding hydrogens is 770 g/mol. The fourth-order valence-corrected chi connectivity index (χ4v) is 8.58. The summed E-state index contributed by atoms with van der Waals surface area (Å²) in [4.78, 5) is 69.6. The molecule has 14 nitrogen and oxygen atoms in total. The first-order chi connectivity index (χ1) is 27.5. The van der Waals surface area contributed by atoms with Crippen LogP contribution in [0.1, 0.15) is 74.9 Å². The van der Waals surface area contributed by atoms with Crippen molar-refractivity contribution in [3.63, 3.8) is 0 Å². The minimum absolute atomic E-state index is 0.0225. The number of anilines is 1. The number of hydrogen-bond donors (Lipinski definition) is 2. The smallest absolute Gasteiger partial charge is 0.409 e. The van der Waals surface area contributed by atoms with E-state index >= 15 is 0 Å². The summed E-state index contributed by atoms with van der Waals surface area (Å²) in [6.45, 7) is 7.26. The van der Waals surface area contributed by atoms with E-state index in [-0.39, 0.29) is 36.0 Å². The van der Waals surface area contributed by atoms with Crippen LogP contribution in [0.3, 0.4) is 0 Å². The SMILES string of the molecule is COc1cc2cc(c1Cl)N(C)C(=O)C[C@H](OC(=O)C1CCCN1C(=O)Cc1ccc(C(C)=O)cc1)[C@]1(C)O[C@H]1[C@H](C)[C@@H]1C[C@@](O)(NC(=O)O1)[C@H](OC)/C=C/C=C(\C)C2. The van der Waals surface area contributed by atoms with Crippen molar-refractivity contribution in [3.05, 3.63) is 81.9 Å². The fourth-order valence-electron chi connectivity index (χ4n) is 8.27. The van der Waals surface area contributed by atoms with Crippen molar-refractivity contribution in [1.29, 1.82) is 0 Å². The summed E-state index contributed by atoms with van der Waals surface area (Å²) in [7, 11) is 4.50. The molecule has 58 heavy (non-hydrogen) atoms. The van der Waals surface area contributed by atoms with Crippen molar-refractivity contribution < 1.29 is 52.8 Å². The van der Waals surface area contributed by atoms with Crippen molar-refractivity contribution >= 4 is 46.9 Å². The van der Waals surface area contributed by atoms with Crippen LogP contribution in [0.5, 0.6) is 5.75 Å². The van der Waals surface area contributed by atoms with Crippen molar-refractivity contribution in [2.24, 2.45) is 5.92 Å². The Hall–Kier alpha value is -4.76. The number of esters is 1. The number of ether oxygens (including phenoxy) is 5. The first-order valence-electron chi connectivity index (χ1n) is 19.5. The number of benzene rings is 2. The Bertz CT molecular complexity index is 2000. The van der Waals surface area contributed by atoms with Crippen LogP contribution in [0, 0.1) is 5.92 Å². The van der Waals surface area contributed by atoms with E-state index in [9.17, 15) is 29.1 Å². The Labute approximate surface area is 343 Å².